The molecule has 29 heavy (non-hydrogen) atoms. The van der Waals surface area contributed by atoms with Gasteiger partial charge in [-0.05, 0) is 30.3 Å². The molecular formula is C19H18N4O5S. The molecule has 0 aliphatic heterocycles. The van der Waals surface area contributed by atoms with E-state index in [4.69, 9.17) is 4.42 Å². The van der Waals surface area contributed by atoms with Crippen molar-refractivity contribution in [3.63, 3.8) is 0 Å². The number of carbonyl (C=O) groups is 2. The molecule has 2 amide bonds. The molecule has 0 radical (unpaired) electrons. The van der Waals surface area contributed by atoms with Crippen LogP contribution in [0.2, 0.25) is 0 Å². The van der Waals surface area contributed by atoms with Crippen molar-refractivity contribution in [3.8, 4) is 11.3 Å². The average Bonchev–Trinajstić information content (AvgIpc) is 3.16. The molecule has 0 atom stereocenters. The molecule has 9 nitrogen and oxygen atoms in total. The summed E-state index contributed by atoms with van der Waals surface area (Å²) in [4.78, 5) is 28.0. The summed E-state index contributed by atoms with van der Waals surface area (Å²) in [6, 6.07) is 11.2. The first-order valence-corrected chi connectivity index (χ1v) is 10.3. The van der Waals surface area contributed by atoms with Crippen LogP contribution in [0.5, 0.6) is 0 Å². The van der Waals surface area contributed by atoms with Crippen molar-refractivity contribution in [3.05, 3.63) is 60.6 Å². The number of oxazole rings is 1. The molecule has 0 spiro atoms. The molecule has 150 valence electrons. The molecule has 0 fully saturated rings. The Hall–Kier alpha value is -3.66. The van der Waals surface area contributed by atoms with Gasteiger partial charge in [0.2, 0.25) is 15.9 Å². The lowest BCUT2D eigenvalue weighted by Crippen LogP contribution is -2.18. The van der Waals surface area contributed by atoms with Gasteiger partial charge in [0.1, 0.15) is 0 Å². The van der Waals surface area contributed by atoms with Crippen molar-refractivity contribution in [1.29, 1.82) is 0 Å². The zero-order valence-electron chi connectivity index (χ0n) is 15.6. The Kier molecular flexibility index (Phi) is 5.64. The molecule has 0 saturated heterocycles. The van der Waals surface area contributed by atoms with Gasteiger partial charge in [0.15, 0.2) is 12.2 Å². The monoisotopic (exact) mass is 414 g/mol. The molecule has 0 bridgehead atoms. The summed E-state index contributed by atoms with van der Waals surface area (Å²) in [6.07, 6.45) is 3.83. The number of rotatable bonds is 6. The average molecular weight is 414 g/mol. The van der Waals surface area contributed by atoms with E-state index in [9.17, 15) is 18.0 Å². The van der Waals surface area contributed by atoms with Gasteiger partial charge in [-0.15, -0.1) is 0 Å². The highest BCUT2D eigenvalue weighted by atomic mass is 32.2. The predicted octanol–water partition coefficient (Wildman–Crippen LogP) is 2.92. The van der Waals surface area contributed by atoms with Crippen LogP contribution in [0.4, 0.5) is 17.1 Å². The zero-order valence-corrected chi connectivity index (χ0v) is 16.4. The van der Waals surface area contributed by atoms with Crippen LogP contribution in [0, 0.1) is 0 Å². The zero-order chi connectivity index (χ0) is 21.0. The maximum Gasteiger partial charge on any atom is 0.257 e. The Bertz CT molecular complexity index is 1160. The lowest BCUT2D eigenvalue weighted by atomic mass is 10.1. The number of benzene rings is 2. The number of amides is 2. The van der Waals surface area contributed by atoms with Gasteiger partial charge < -0.3 is 15.1 Å². The largest absolute Gasteiger partial charge is 0.444 e. The molecule has 3 rings (SSSR count). The van der Waals surface area contributed by atoms with E-state index in [-0.39, 0.29) is 17.2 Å². The normalized spacial score (nSPS) is 11.0. The van der Waals surface area contributed by atoms with Crippen molar-refractivity contribution in [2.24, 2.45) is 0 Å². The second kappa shape index (κ2) is 8.15. The van der Waals surface area contributed by atoms with Gasteiger partial charge in [0.05, 0.1) is 23.7 Å². The number of anilines is 3. The maximum atomic E-state index is 12.9. The predicted molar refractivity (Wildman–Crippen MR) is 109 cm³/mol. The molecule has 2 aromatic carbocycles. The Labute approximate surface area is 167 Å². The standard InChI is InChI=1S/C19H18N4O5S/c1-12(24)21-15-6-7-17(23-29(2,26)27)16(9-15)19(25)22-14-5-3-4-13(8-14)18-10-20-11-28-18/h3-11,23H,1-2H3,(H,21,24)(H,22,25). The summed E-state index contributed by atoms with van der Waals surface area (Å²) in [5.74, 6) is -0.341. The minimum atomic E-state index is -3.61. The van der Waals surface area contributed by atoms with Crippen LogP contribution in [0.15, 0.2) is 59.5 Å². The first kappa shape index (κ1) is 20.1. The lowest BCUT2D eigenvalue weighted by molar-refractivity contribution is -0.114. The minimum Gasteiger partial charge on any atom is -0.444 e. The number of sulfonamides is 1. The molecule has 10 heteroatoms. The van der Waals surface area contributed by atoms with E-state index in [0.717, 1.165) is 6.26 Å². The molecule has 0 aliphatic carbocycles. The highest BCUT2D eigenvalue weighted by Crippen LogP contribution is 2.25. The number of carbonyl (C=O) groups excluding carboxylic acids is 2. The van der Waals surface area contributed by atoms with Crippen LogP contribution in [-0.2, 0) is 14.8 Å². The SMILES string of the molecule is CC(=O)Nc1ccc(NS(C)(=O)=O)c(C(=O)Nc2cccc(-c3cnco3)c2)c1. The van der Waals surface area contributed by atoms with E-state index in [0.29, 0.717) is 22.7 Å². The summed E-state index contributed by atoms with van der Waals surface area (Å²) in [5, 5.41) is 5.28. The van der Waals surface area contributed by atoms with E-state index in [1.807, 2.05) is 0 Å². The Morgan fingerprint density at radius 2 is 1.79 bits per heavy atom. The topological polar surface area (TPSA) is 130 Å². The molecule has 1 aromatic heterocycles. The van der Waals surface area contributed by atoms with Crippen LogP contribution in [-0.4, -0.2) is 31.5 Å². The molecule has 3 aromatic rings. The van der Waals surface area contributed by atoms with E-state index >= 15 is 0 Å². The molecule has 3 N–H and O–H groups in total. The minimum absolute atomic E-state index is 0.0479. The van der Waals surface area contributed by atoms with Crippen molar-refractivity contribution in [2.75, 3.05) is 21.6 Å². The second-order valence-electron chi connectivity index (χ2n) is 6.22. The van der Waals surface area contributed by atoms with Crippen LogP contribution in [0.3, 0.4) is 0 Å². The highest BCUT2D eigenvalue weighted by Gasteiger charge is 2.16. The van der Waals surface area contributed by atoms with Crippen LogP contribution < -0.4 is 15.4 Å². The summed E-state index contributed by atoms with van der Waals surface area (Å²) in [5.41, 5.74) is 1.68. The van der Waals surface area contributed by atoms with Gasteiger partial charge in [-0.3, -0.25) is 14.3 Å². The number of nitrogens with zero attached hydrogens (tertiary/aromatic N) is 1. The molecule has 0 unspecified atom stereocenters. The number of nitrogens with one attached hydrogen (secondary N) is 3. The van der Waals surface area contributed by atoms with Crippen molar-refractivity contribution in [1.82, 2.24) is 4.98 Å². The first-order chi connectivity index (χ1) is 13.7. The summed E-state index contributed by atoms with van der Waals surface area (Å²) >= 11 is 0. The van der Waals surface area contributed by atoms with Crippen molar-refractivity contribution < 1.29 is 22.4 Å². The van der Waals surface area contributed by atoms with Gasteiger partial charge in [-0.1, -0.05) is 12.1 Å². The Morgan fingerprint density at radius 1 is 1.03 bits per heavy atom. The molecule has 1 heterocycles. The summed E-state index contributed by atoms with van der Waals surface area (Å²) < 4.78 is 30.8. The van der Waals surface area contributed by atoms with Crippen LogP contribution in [0.1, 0.15) is 17.3 Å². The summed E-state index contributed by atoms with van der Waals surface area (Å²) in [7, 11) is -3.61. The van der Waals surface area contributed by atoms with Gasteiger partial charge in [-0.2, -0.15) is 0 Å². The van der Waals surface area contributed by atoms with E-state index in [1.165, 1.54) is 31.5 Å². The fourth-order valence-electron chi connectivity index (χ4n) is 2.61. The quantitative estimate of drug-likeness (QED) is 0.568. The van der Waals surface area contributed by atoms with E-state index < -0.39 is 15.9 Å². The third-order valence-corrected chi connectivity index (χ3v) is 4.31. The third kappa shape index (κ3) is 5.42. The number of hydrogen-bond acceptors (Lipinski definition) is 6. The van der Waals surface area contributed by atoms with E-state index in [1.54, 1.807) is 30.5 Å². The first-order valence-electron chi connectivity index (χ1n) is 8.41. The molecule has 0 aliphatic rings. The third-order valence-electron chi connectivity index (χ3n) is 3.72. The number of aromatic nitrogens is 1. The van der Waals surface area contributed by atoms with Gasteiger partial charge in [-0.25, -0.2) is 13.4 Å². The number of hydrogen-bond donors (Lipinski definition) is 3. The fraction of sp³-hybridized carbons (Fsp3) is 0.105. The van der Waals surface area contributed by atoms with Gasteiger partial charge >= 0.3 is 0 Å². The van der Waals surface area contributed by atoms with E-state index in [2.05, 4.69) is 20.3 Å². The molecular weight excluding hydrogens is 396 g/mol. The highest BCUT2D eigenvalue weighted by molar-refractivity contribution is 7.92. The van der Waals surface area contributed by atoms with Crippen LogP contribution in [0.25, 0.3) is 11.3 Å². The molecule has 0 saturated carbocycles. The van der Waals surface area contributed by atoms with Crippen LogP contribution >= 0.6 is 0 Å². The Morgan fingerprint density at radius 3 is 2.45 bits per heavy atom. The Balaban J connectivity index is 1.92. The summed E-state index contributed by atoms with van der Waals surface area (Å²) in [6.45, 7) is 1.33. The van der Waals surface area contributed by atoms with Gasteiger partial charge in [0.25, 0.3) is 5.91 Å². The maximum absolute atomic E-state index is 12.9. The van der Waals surface area contributed by atoms with Crippen molar-refractivity contribution in [2.45, 2.75) is 6.92 Å². The second-order valence-corrected chi connectivity index (χ2v) is 7.96. The smallest absolute Gasteiger partial charge is 0.257 e. The van der Waals surface area contributed by atoms with Gasteiger partial charge in [0, 0.05) is 23.9 Å². The fourth-order valence-corrected chi connectivity index (χ4v) is 3.19. The van der Waals surface area contributed by atoms with Crippen molar-refractivity contribution >= 4 is 38.9 Å². The lowest BCUT2D eigenvalue weighted by Gasteiger charge is -2.13.